The number of nitrogens with one attached hydrogen (secondary N) is 2. The van der Waals surface area contributed by atoms with Crippen molar-refractivity contribution in [3.63, 3.8) is 0 Å². The standard InChI is InChI=1S/C21H22N4O8S/c1-12(26)22-10-13-4-5-17(33-13)15-11-34-21(23-15)24-20(27)14-8-18(31-3)19(32-7-6-30-2)9-16(14)25(28)29/h4-5,8-9,11H,6-7,10H2,1-3H3,(H,22,26)(H,23,24,27). The molecule has 3 aromatic rings. The summed E-state index contributed by atoms with van der Waals surface area (Å²) in [7, 11) is 2.86. The molecule has 0 bridgehead atoms. The number of carbonyl (C=O) groups excluding carboxylic acids is 2. The minimum atomic E-state index is -0.736. The number of rotatable bonds is 11. The van der Waals surface area contributed by atoms with Crippen LogP contribution in [-0.2, 0) is 16.1 Å². The maximum absolute atomic E-state index is 12.8. The van der Waals surface area contributed by atoms with Crippen molar-refractivity contribution in [2.24, 2.45) is 0 Å². The van der Waals surface area contributed by atoms with E-state index in [1.54, 1.807) is 17.5 Å². The number of carbonyl (C=O) groups is 2. The van der Waals surface area contributed by atoms with Gasteiger partial charge < -0.3 is 23.9 Å². The molecule has 0 aliphatic carbocycles. The Kier molecular flexibility index (Phi) is 8.16. The molecule has 0 radical (unpaired) electrons. The van der Waals surface area contributed by atoms with Crippen molar-refractivity contribution < 1.29 is 33.1 Å². The Morgan fingerprint density at radius 3 is 2.68 bits per heavy atom. The van der Waals surface area contributed by atoms with Gasteiger partial charge in [0.2, 0.25) is 5.91 Å². The van der Waals surface area contributed by atoms with Crippen LogP contribution in [0.2, 0.25) is 0 Å². The van der Waals surface area contributed by atoms with Crippen LogP contribution in [0.15, 0.2) is 34.1 Å². The lowest BCUT2D eigenvalue weighted by Crippen LogP contribution is -2.18. The molecule has 0 unspecified atom stereocenters. The number of ether oxygens (including phenoxy) is 3. The van der Waals surface area contributed by atoms with Crippen LogP contribution in [0.3, 0.4) is 0 Å². The summed E-state index contributed by atoms with van der Waals surface area (Å²) in [4.78, 5) is 39.1. The molecule has 180 valence electrons. The highest BCUT2D eigenvalue weighted by atomic mass is 32.1. The molecular formula is C21H22N4O8S. The quantitative estimate of drug-likeness (QED) is 0.234. The number of methoxy groups -OCH3 is 2. The first-order valence-corrected chi connectivity index (χ1v) is 10.8. The van der Waals surface area contributed by atoms with Gasteiger partial charge in [-0.1, -0.05) is 0 Å². The number of thiazole rings is 1. The van der Waals surface area contributed by atoms with Crippen LogP contribution in [0.5, 0.6) is 11.5 Å². The number of hydrogen-bond donors (Lipinski definition) is 2. The van der Waals surface area contributed by atoms with Crippen LogP contribution in [0.25, 0.3) is 11.5 Å². The molecule has 0 saturated carbocycles. The lowest BCUT2D eigenvalue weighted by molar-refractivity contribution is -0.385. The van der Waals surface area contributed by atoms with E-state index in [9.17, 15) is 19.7 Å². The number of nitro groups is 1. The third-order valence-electron chi connectivity index (χ3n) is 4.42. The molecule has 34 heavy (non-hydrogen) atoms. The van der Waals surface area contributed by atoms with Crippen LogP contribution in [0, 0.1) is 10.1 Å². The third kappa shape index (κ3) is 6.08. The Morgan fingerprint density at radius 1 is 1.21 bits per heavy atom. The van der Waals surface area contributed by atoms with E-state index >= 15 is 0 Å². The van der Waals surface area contributed by atoms with Gasteiger partial charge in [0.15, 0.2) is 22.4 Å². The van der Waals surface area contributed by atoms with Gasteiger partial charge in [0, 0.05) is 25.5 Å². The van der Waals surface area contributed by atoms with Crippen molar-refractivity contribution in [2.45, 2.75) is 13.5 Å². The van der Waals surface area contributed by atoms with Crippen molar-refractivity contribution in [3.05, 3.63) is 51.1 Å². The molecule has 0 spiro atoms. The van der Waals surface area contributed by atoms with E-state index in [1.807, 2.05) is 0 Å². The van der Waals surface area contributed by atoms with Crippen molar-refractivity contribution in [2.75, 3.05) is 32.8 Å². The molecule has 2 N–H and O–H groups in total. The molecule has 2 heterocycles. The maximum atomic E-state index is 12.8. The molecule has 3 rings (SSSR count). The van der Waals surface area contributed by atoms with Gasteiger partial charge in [0.25, 0.3) is 11.6 Å². The molecule has 0 fully saturated rings. The fourth-order valence-corrected chi connectivity index (χ4v) is 3.52. The number of anilines is 1. The van der Waals surface area contributed by atoms with Gasteiger partial charge in [0.1, 0.15) is 23.6 Å². The summed E-state index contributed by atoms with van der Waals surface area (Å²) in [6, 6.07) is 5.77. The minimum absolute atomic E-state index is 0.118. The fraction of sp³-hybridized carbons (Fsp3) is 0.286. The lowest BCUT2D eigenvalue weighted by Gasteiger charge is -2.12. The van der Waals surface area contributed by atoms with Crippen molar-refractivity contribution in [1.82, 2.24) is 10.3 Å². The zero-order valence-corrected chi connectivity index (χ0v) is 19.4. The topological polar surface area (TPSA) is 155 Å². The Hall–Kier alpha value is -3.97. The fourth-order valence-electron chi connectivity index (χ4n) is 2.82. The van der Waals surface area contributed by atoms with Crippen LogP contribution in [0.1, 0.15) is 23.0 Å². The molecular weight excluding hydrogens is 468 g/mol. The summed E-state index contributed by atoms with van der Waals surface area (Å²) in [5.41, 5.74) is -0.201. The van der Waals surface area contributed by atoms with Gasteiger partial charge in [-0.05, 0) is 12.1 Å². The summed E-state index contributed by atoms with van der Waals surface area (Å²) in [6.45, 7) is 2.06. The highest BCUT2D eigenvalue weighted by Gasteiger charge is 2.25. The Morgan fingerprint density at radius 2 is 2.00 bits per heavy atom. The molecule has 0 aliphatic heterocycles. The number of nitrogens with zero attached hydrogens (tertiary/aromatic N) is 2. The van der Waals surface area contributed by atoms with Gasteiger partial charge >= 0.3 is 0 Å². The van der Waals surface area contributed by atoms with E-state index in [0.29, 0.717) is 17.2 Å². The van der Waals surface area contributed by atoms with Crippen molar-refractivity contribution >= 4 is 34.0 Å². The minimum Gasteiger partial charge on any atom is -0.493 e. The highest BCUT2D eigenvalue weighted by Crippen LogP contribution is 2.35. The Balaban J connectivity index is 1.78. The second kappa shape index (κ2) is 11.2. The second-order valence-corrected chi connectivity index (χ2v) is 7.64. The molecule has 12 nitrogen and oxygen atoms in total. The molecule has 0 aliphatic rings. The summed E-state index contributed by atoms with van der Waals surface area (Å²) in [6.07, 6.45) is 0. The predicted molar refractivity (Wildman–Crippen MR) is 122 cm³/mol. The van der Waals surface area contributed by atoms with E-state index in [-0.39, 0.29) is 47.9 Å². The van der Waals surface area contributed by atoms with Crippen LogP contribution in [0.4, 0.5) is 10.8 Å². The van der Waals surface area contributed by atoms with E-state index in [2.05, 4.69) is 15.6 Å². The molecule has 0 atom stereocenters. The SMILES string of the molecule is COCCOc1cc([N+](=O)[O-])c(C(=O)Nc2nc(-c3ccc(CNC(C)=O)o3)cs2)cc1OC. The van der Waals surface area contributed by atoms with E-state index in [1.165, 1.54) is 27.2 Å². The van der Waals surface area contributed by atoms with Gasteiger partial charge in [-0.2, -0.15) is 0 Å². The van der Waals surface area contributed by atoms with E-state index in [4.69, 9.17) is 18.6 Å². The van der Waals surface area contributed by atoms with Gasteiger partial charge in [0.05, 0.1) is 31.3 Å². The zero-order chi connectivity index (χ0) is 24.7. The van der Waals surface area contributed by atoms with Crippen molar-refractivity contribution in [1.29, 1.82) is 0 Å². The number of amides is 2. The van der Waals surface area contributed by atoms with Crippen LogP contribution >= 0.6 is 11.3 Å². The largest absolute Gasteiger partial charge is 0.493 e. The second-order valence-electron chi connectivity index (χ2n) is 6.79. The van der Waals surface area contributed by atoms with Crippen LogP contribution < -0.4 is 20.1 Å². The van der Waals surface area contributed by atoms with Gasteiger partial charge in [-0.3, -0.25) is 25.0 Å². The monoisotopic (exact) mass is 490 g/mol. The lowest BCUT2D eigenvalue weighted by atomic mass is 10.1. The highest BCUT2D eigenvalue weighted by molar-refractivity contribution is 7.14. The number of benzene rings is 1. The summed E-state index contributed by atoms with van der Waals surface area (Å²) in [5, 5.41) is 18.7. The Labute approximate surface area is 198 Å². The molecule has 2 aromatic heterocycles. The summed E-state index contributed by atoms with van der Waals surface area (Å²) < 4.78 is 21.3. The first-order valence-electron chi connectivity index (χ1n) is 9.91. The van der Waals surface area contributed by atoms with E-state index < -0.39 is 16.5 Å². The summed E-state index contributed by atoms with van der Waals surface area (Å²) in [5.74, 6) is 0.347. The smallest absolute Gasteiger partial charge is 0.286 e. The summed E-state index contributed by atoms with van der Waals surface area (Å²) >= 11 is 1.12. The first-order chi connectivity index (χ1) is 16.3. The number of furan rings is 1. The average Bonchev–Trinajstić information content (AvgIpc) is 3.46. The third-order valence-corrected chi connectivity index (χ3v) is 5.18. The number of hydrogen-bond acceptors (Lipinski definition) is 10. The molecule has 2 amide bonds. The van der Waals surface area contributed by atoms with Gasteiger partial charge in [-0.25, -0.2) is 4.98 Å². The zero-order valence-electron chi connectivity index (χ0n) is 18.6. The first kappa shape index (κ1) is 24.7. The number of nitro benzene ring substituents is 1. The molecule has 0 saturated heterocycles. The average molecular weight is 490 g/mol. The molecule has 1 aromatic carbocycles. The van der Waals surface area contributed by atoms with Gasteiger partial charge in [-0.15, -0.1) is 11.3 Å². The Bertz CT molecular complexity index is 1190. The molecule has 13 heteroatoms. The van der Waals surface area contributed by atoms with Crippen molar-refractivity contribution in [3.8, 4) is 23.0 Å². The van der Waals surface area contributed by atoms with E-state index in [0.717, 1.165) is 17.4 Å². The predicted octanol–water partition coefficient (Wildman–Crippen LogP) is 3.23. The van der Waals surface area contributed by atoms with Crippen LogP contribution in [-0.4, -0.2) is 49.2 Å². The number of aromatic nitrogens is 1. The normalized spacial score (nSPS) is 10.6. The maximum Gasteiger partial charge on any atom is 0.286 e.